The average molecular weight is 1030 g/mol. The summed E-state index contributed by atoms with van der Waals surface area (Å²) < 4.78 is 66.3. The summed E-state index contributed by atoms with van der Waals surface area (Å²) in [7, 11) is 1.60. The second-order valence-electron chi connectivity index (χ2n) is 17.9. The summed E-state index contributed by atoms with van der Waals surface area (Å²) in [6.07, 6.45) is -9.94. The molecule has 2 saturated heterocycles. The van der Waals surface area contributed by atoms with Crippen LogP contribution in [-0.4, -0.2) is 92.2 Å². The molecule has 2 aliphatic rings. The molecular weight excluding hydrogens is 973 g/mol. The number of ether oxygens (including phenoxy) is 10. The third-order valence-corrected chi connectivity index (χ3v) is 13.8. The molecule has 0 saturated carbocycles. The van der Waals surface area contributed by atoms with Crippen molar-refractivity contribution in [2.45, 2.75) is 92.2 Å². The van der Waals surface area contributed by atoms with E-state index in [1.807, 2.05) is 122 Å². The third kappa shape index (κ3) is 14.2. The predicted octanol–water partition coefficient (Wildman–Crippen LogP) is 10.7. The molecule has 9 rings (SSSR count). The van der Waals surface area contributed by atoms with Crippen molar-refractivity contribution in [2.24, 2.45) is 0 Å². The summed E-state index contributed by atoms with van der Waals surface area (Å²) in [6, 6.07) is 61.9. The Morgan fingerprint density at radius 2 is 0.893 bits per heavy atom. The zero-order valence-electron chi connectivity index (χ0n) is 41.4. The fraction of sp³-hybridized carbons (Fsp3) is 0.262. The number of rotatable bonds is 21. The van der Waals surface area contributed by atoms with E-state index in [2.05, 4.69) is 0 Å². The van der Waals surface area contributed by atoms with E-state index in [0.717, 1.165) is 21.6 Å². The van der Waals surface area contributed by atoms with E-state index in [1.165, 1.54) is 11.8 Å². The second-order valence-corrected chi connectivity index (χ2v) is 19.0. The van der Waals surface area contributed by atoms with Gasteiger partial charge >= 0.3 is 17.9 Å². The van der Waals surface area contributed by atoms with E-state index in [1.54, 1.807) is 98.1 Å². The van der Waals surface area contributed by atoms with Gasteiger partial charge in [-0.15, -0.1) is 0 Å². The summed E-state index contributed by atoms with van der Waals surface area (Å²) >= 11 is 1.25. The van der Waals surface area contributed by atoms with Crippen LogP contribution in [0.5, 0.6) is 5.75 Å². The van der Waals surface area contributed by atoms with Crippen LogP contribution >= 0.6 is 11.8 Å². The number of benzene rings is 7. The Labute approximate surface area is 440 Å². The number of hydrogen-bond acceptors (Lipinski definition) is 14. The van der Waals surface area contributed by atoms with Gasteiger partial charge in [0.25, 0.3) is 0 Å². The molecule has 75 heavy (non-hydrogen) atoms. The monoisotopic (exact) mass is 1030 g/mol. The average Bonchev–Trinajstić information content (AvgIpc) is 3.46. The minimum absolute atomic E-state index is 0.0711. The Kier molecular flexibility index (Phi) is 18.5. The quantitative estimate of drug-likeness (QED) is 0.0497. The SMILES string of the molecule is COc1ccc(CO[C@H]2[C@H](O[C@H]3[C@H](OC(=O)c4ccccc4)[C@@H](OC(=O)c4ccccc4)[C@H](Sc4ccccc4)O[C@@H]3COC(=O)c3ccccc3)O[C@@H](C)[C@H](OCc3ccccc3)[C@H]2OCc2ccccc2)cc1. The number of carbonyl (C=O) groups excluding carboxylic acids is 3. The van der Waals surface area contributed by atoms with Gasteiger partial charge in [-0.05, 0) is 84.3 Å². The molecule has 0 bridgehead atoms. The summed E-state index contributed by atoms with van der Waals surface area (Å²) in [4.78, 5) is 43.4. The number of methoxy groups -OCH3 is 1. The molecule has 0 aromatic heterocycles. The van der Waals surface area contributed by atoms with E-state index < -0.39 is 78.5 Å². The van der Waals surface area contributed by atoms with Gasteiger partial charge in [-0.3, -0.25) is 0 Å². The van der Waals surface area contributed by atoms with Crippen molar-refractivity contribution in [1.29, 1.82) is 0 Å². The van der Waals surface area contributed by atoms with Gasteiger partial charge in [0.05, 0.1) is 49.7 Å². The Balaban J connectivity index is 1.14. The maximum Gasteiger partial charge on any atom is 0.338 e. The lowest BCUT2D eigenvalue weighted by Gasteiger charge is -2.49. The van der Waals surface area contributed by atoms with Gasteiger partial charge in [0.2, 0.25) is 0 Å². The van der Waals surface area contributed by atoms with Crippen LogP contribution < -0.4 is 4.74 Å². The van der Waals surface area contributed by atoms with Gasteiger partial charge in [0.1, 0.15) is 48.3 Å². The highest BCUT2D eigenvalue weighted by molar-refractivity contribution is 7.99. The van der Waals surface area contributed by atoms with Crippen LogP contribution in [0.2, 0.25) is 0 Å². The minimum atomic E-state index is -1.43. The van der Waals surface area contributed by atoms with Crippen molar-refractivity contribution in [3.63, 3.8) is 0 Å². The first-order valence-electron chi connectivity index (χ1n) is 24.8. The van der Waals surface area contributed by atoms with Crippen LogP contribution in [-0.2, 0) is 62.5 Å². The lowest BCUT2D eigenvalue weighted by atomic mass is 9.96. The summed E-state index contributed by atoms with van der Waals surface area (Å²) in [5.41, 5.74) is 2.39. The Bertz CT molecular complexity index is 2850. The highest BCUT2D eigenvalue weighted by Crippen LogP contribution is 2.40. The first-order chi connectivity index (χ1) is 36.8. The first-order valence-corrected chi connectivity index (χ1v) is 25.7. The van der Waals surface area contributed by atoms with Gasteiger partial charge in [-0.25, -0.2) is 14.4 Å². The number of esters is 3. The molecule has 0 spiro atoms. The molecule has 13 nitrogen and oxygen atoms in total. The maximum atomic E-state index is 14.5. The van der Waals surface area contributed by atoms with Crippen LogP contribution in [0.15, 0.2) is 211 Å². The van der Waals surface area contributed by atoms with Crippen molar-refractivity contribution in [1.82, 2.24) is 0 Å². The molecular formula is C61H58O13S. The zero-order valence-corrected chi connectivity index (χ0v) is 42.3. The number of carbonyl (C=O) groups is 3. The van der Waals surface area contributed by atoms with Crippen molar-refractivity contribution in [2.75, 3.05) is 13.7 Å². The molecule has 7 aromatic rings. The molecule has 7 aromatic carbocycles. The van der Waals surface area contributed by atoms with Crippen molar-refractivity contribution >= 4 is 29.7 Å². The van der Waals surface area contributed by atoms with E-state index in [4.69, 9.17) is 47.4 Å². The minimum Gasteiger partial charge on any atom is -0.497 e. The maximum absolute atomic E-state index is 14.5. The van der Waals surface area contributed by atoms with Crippen LogP contribution in [0, 0.1) is 0 Å². The molecule has 386 valence electrons. The highest BCUT2D eigenvalue weighted by atomic mass is 32.2. The summed E-state index contributed by atoms with van der Waals surface area (Å²) in [5, 5.41) is 0. The van der Waals surface area contributed by atoms with Crippen LogP contribution in [0.3, 0.4) is 0 Å². The lowest BCUT2D eigenvalue weighted by Crippen LogP contribution is -2.65. The Hall–Kier alpha value is -7.14. The molecule has 14 heteroatoms. The molecule has 2 heterocycles. The fourth-order valence-electron chi connectivity index (χ4n) is 8.79. The van der Waals surface area contributed by atoms with Gasteiger partial charge < -0.3 is 47.4 Å². The normalized spacial score (nSPS) is 23.3. The highest BCUT2D eigenvalue weighted by Gasteiger charge is 2.56. The smallest absolute Gasteiger partial charge is 0.338 e. The third-order valence-electron chi connectivity index (χ3n) is 12.7. The Morgan fingerprint density at radius 3 is 1.41 bits per heavy atom. The zero-order chi connectivity index (χ0) is 51.8. The second kappa shape index (κ2) is 26.4. The van der Waals surface area contributed by atoms with Crippen LogP contribution in [0.1, 0.15) is 54.7 Å². The van der Waals surface area contributed by atoms with Crippen LogP contribution in [0.25, 0.3) is 0 Å². The van der Waals surface area contributed by atoms with Gasteiger partial charge in [-0.2, -0.15) is 0 Å². The number of hydrogen-bond donors (Lipinski definition) is 0. The summed E-state index contributed by atoms with van der Waals surface area (Å²) in [6.45, 7) is 1.96. The fourth-order valence-corrected chi connectivity index (χ4v) is 9.92. The van der Waals surface area contributed by atoms with Gasteiger partial charge in [-0.1, -0.05) is 157 Å². The topological polar surface area (TPSA) is 144 Å². The number of thioether (sulfide) groups is 1. The molecule has 2 fully saturated rings. The lowest BCUT2D eigenvalue weighted by molar-refractivity contribution is -0.349. The van der Waals surface area contributed by atoms with Crippen molar-refractivity contribution in [3.8, 4) is 5.75 Å². The van der Waals surface area contributed by atoms with E-state index in [0.29, 0.717) is 11.3 Å². The van der Waals surface area contributed by atoms with Crippen molar-refractivity contribution in [3.05, 3.63) is 240 Å². The molecule has 0 unspecified atom stereocenters. The predicted molar refractivity (Wildman–Crippen MR) is 280 cm³/mol. The molecule has 0 radical (unpaired) electrons. The van der Waals surface area contributed by atoms with E-state index in [9.17, 15) is 14.4 Å². The van der Waals surface area contributed by atoms with E-state index in [-0.39, 0.29) is 37.6 Å². The molecule has 2 aliphatic heterocycles. The molecule has 10 atom stereocenters. The largest absolute Gasteiger partial charge is 0.497 e. The van der Waals surface area contributed by atoms with Crippen molar-refractivity contribution < 1.29 is 61.8 Å². The van der Waals surface area contributed by atoms with E-state index >= 15 is 0 Å². The van der Waals surface area contributed by atoms with Gasteiger partial charge in [0.15, 0.2) is 18.5 Å². The molecule has 0 amide bonds. The van der Waals surface area contributed by atoms with Gasteiger partial charge in [0, 0.05) is 4.90 Å². The summed E-state index contributed by atoms with van der Waals surface area (Å²) in [5.74, 6) is -1.39. The molecule has 0 N–H and O–H groups in total. The first kappa shape index (κ1) is 52.7. The Morgan fingerprint density at radius 1 is 0.453 bits per heavy atom. The molecule has 0 aliphatic carbocycles. The van der Waals surface area contributed by atoms with Crippen LogP contribution in [0.4, 0.5) is 0 Å². The standard InChI is InChI=1S/C61H58O13S/c1-41-51(66-37-42-21-9-3-10-22-42)53(67-38-43-23-11-4-12-24-43)55(68-39-44-33-35-48(65-2)36-34-44)60(70-41)74-52-50(40-69-57(62)45-25-13-5-14-26-45)71-61(75-49-31-19-8-20-32-49)56(73-59(64)47-29-17-7-18-30-47)54(52)72-58(63)46-27-15-6-16-28-46/h3-36,41,50-56,60-61H,37-40H2,1-2H3/t41-,50+,51-,52+,53+,54-,55+,56+,60-,61-/m0/s1.